The molecule has 2 amide bonds. The first kappa shape index (κ1) is 21.1. The number of benzene rings is 2. The molecule has 2 aromatic carbocycles. The van der Waals surface area contributed by atoms with Crippen molar-refractivity contribution in [2.24, 2.45) is 5.92 Å². The van der Waals surface area contributed by atoms with Crippen LogP contribution < -0.4 is 10.6 Å². The first-order valence-electron chi connectivity index (χ1n) is 10.5. The van der Waals surface area contributed by atoms with Crippen molar-refractivity contribution in [2.75, 3.05) is 18.4 Å². The highest BCUT2D eigenvalue weighted by Gasteiger charge is 2.26. The second-order valence-electron chi connectivity index (χ2n) is 7.88. The molecule has 1 fully saturated rings. The van der Waals surface area contributed by atoms with Gasteiger partial charge in [-0.1, -0.05) is 50.6 Å². The maximum Gasteiger partial charge on any atom is 0.251 e. The standard InChI is InChI=1S/C24H31N3O2/c1-3-18(2)22(26-23(28)20-11-5-4-6-12-20)24(29)25-21-13-9-10-19(16-21)17-27-14-7-8-15-27/h4-6,9-13,16,18,22H,3,7-8,14-15,17H2,1-2H3,(H,25,29)(H,26,28). The molecule has 29 heavy (non-hydrogen) atoms. The minimum Gasteiger partial charge on any atom is -0.340 e. The Balaban J connectivity index is 1.67. The molecule has 154 valence electrons. The van der Waals surface area contributed by atoms with Gasteiger partial charge in [-0.2, -0.15) is 0 Å². The van der Waals surface area contributed by atoms with Crippen LogP contribution in [0.15, 0.2) is 54.6 Å². The zero-order valence-electron chi connectivity index (χ0n) is 17.4. The van der Waals surface area contributed by atoms with Crippen LogP contribution in [0.1, 0.15) is 49.0 Å². The van der Waals surface area contributed by atoms with Crippen LogP contribution >= 0.6 is 0 Å². The van der Waals surface area contributed by atoms with Gasteiger partial charge in [-0.15, -0.1) is 0 Å². The van der Waals surface area contributed by atoms with Gasteiger partial charge in [0.15, 0.2) is 0 Å². The highest BCUT2D eigenvalue weighted by atomic mass is 16.2. The van der Waals surface area contributed by atoms with Crippen molar-refractivity contribution in [1.82, 2.24) is 10.2 Å². The van der Waals surface area contributed by atoms with Crippen LogP contribution in [0.5, 0.6) is 0 Å². The van der Waals surface area contributed by atoms with E-state index in [1.165, 1.54) is 18.4 Å². The molecule has 2 aromatic rings. The van der Waals surface area contributed by atoms with E-state index in [4.69, 9.17) is 0 Å². The molecule has 1 aliphatic heterocycles. The smallest absolute Gasteiger partial charge is 0.251 e. The van der Waals surface area contributed by atoms with Crippen LogP contribution in [0.2, 0.25) is 0 Å². The van der Waals surface area contributed by atoms with Crippen molar-refractivity contribution < 1.29 is 9.59 Å². The molecule has 1 heterocycles. The Morgan fingerprint density at radius 2 is 1.76 bits per heavy atom. The first-order chi connectivity index (χ1) is 14.1. The van der Waals surface area contributed by atoms with E-state index in [1.807, 2.05) is 50.2 Å². The maximum absolute atomic E-state index is 13.0. The van der Waals surface area contributed by atoms with Gasteiger partial charge in [0.2, 0.25) is 5.91 Å². The number of carbonyl (C=O) groups is 2. The Hall–Kier alpha value is -2.66. The minimum absolute atomic E-state index is 0.0236. The van der Waals surface area contributed by atoms with Crippen molar-refractivity contribution >= 4 is 17.5 Å². The van der Waals surface area contributed by atoms with Crippen LogP contribution in [0.25, 0.3) is 0 Å². The van der Waals surface area contributed by atoms with Gasteiger partial charge in [-0.25, -0.2) is 0 Å². The average Bonchev–Trinajstić information content (AvgIpc) is 3.25. The van der Waals surface area contributed by atoms with E-state index in [1.54, 1.807) is 12.1 Å². The largest absolute Gasteiger partial charge is 0.340 e. The summed E-state index contributed by atoms with van der Waals surface area (Å²) < 4.78 is 0. The summed E-state index contributed by atoms with van der Waals surface area (Å²) in [6.45, 7) is 7.19. The fourth-order valence-electron chi connectivity index (χ4n) is 3.68. The van der Waals surface area contributed by atoms with Crippen molar-refractivity contribution in [3.8, 4) is 0 Å². The lowest BCUT2D eigenvalue weighted by Gasteiger charge is -2.24. The molecule has 0 aliphatic carbocycles. The van der Waals surface area contributed by atoms with Crippen molar-refractivity contribution in [2.45, 2.75) is 45.7 Å². The van der Waals surface area contributed by atoms with Crippen molar-refractivity contribution in [3.63, 3.8) is 0 Å². The van der Waals surface area contributed by atoms with Gasteiger partial charge in [0.05, 0.1) is 0 Å². The number of nitrogens with zero attached hydrogens (tertiary/aromatic N) is 1. The molecule has 5 nitrogen and oxygen atoms in total. The fraction of sp³-hybridized carbons (Fsp3) is 0.417. The van der Waals surface area contributed by atoms with Gasteiger partial charge in [0.25, 0.3) is 5.91 Å². The molecular weight excluding hydrogens is 362 g/mol. The first-order valence-corrected chi connectivity index (χ1v) is 10.5. The quantitative estimate of drug-likeness (QED) is 0.711. The Morgan fingerprint density at radius 1 is 1.03 bits per heavy atom. The van der Waals surface area contributed by atoms with Crippen molar-refractivity contribution in [1.29, 1.82) is 0 Å². The van der Waals surface area contributed by atoms with Crippen LogP contribution in [0.3, 0.4) is 0 Å². The maximum atomic E-state index is 13.0. The highest BCUT2D eigenvalue weighted by Crippen LogP contribution is 2.18. The SMILES string of the molecule is CCC(C)C(NC(=O)c1ccccc1)C(=O)Nc1cccc(CN2CCCC2)c1. The van der Waals surface area contributed by atoms with E-state index in [-0.39, 0.29) is 17.7 Å². The summed E-state index contributed by atoms with van der Waals surface area (Å²) in [6, 6.07) is 16.4. The molecule has 3 rings (SSSR count). The van der Waals surface area contributed by atoms with E-state index in [0.29, 0.717) is 5.56 Å². The number of likely N-dealkylation sites (tertiary alicyclic amines) is 1. The second-order valence-corrected chi connectivity index (χ2v) is 7.88. The Kier molecular flexibility index (Phi) is 7.42. The summed E-state index contributed by atoms with van der Waals surface area (Å²) in [6.07, 6.45) is 3.31. The van der Waals surface area contributed by atoms with E-state index in [9.17, 15) is 9.59 Å². The summed E-state index contributed by atoms with van der Waals surface area (Å²) >= 11 is 0. The molecule has 2 N–H and O–H groups in total. The molecule has 0 bridgehead atoms. The topological polar surface area (TPSA) is 61.4 Å². The Labute approximate surface area is 173 Å². The van der Waals surface area contributed by atoms with E-state index in [2.05, 4.69) is 21.6 Å². The number of hydrogen-bond acceptors (Lipinski definition) is 3. The number of hydrogen-bond donors (Lipinski definition) is 2. The van der Waals surface area contributed by atoms with Crippen molar-refractivity contribution in [3.05, 3.63) is 65.7 Å². The molecular formula is C24H31N3O2. The number of amides is 2. The Bertz CT molecular complexity index is 816. The lowest BCUT2D eigenvalue weighted by atomic mass is 9.97. The third-order valence-electron chi connectivity index (χ3n) is 5.62. The lowest BCUT2D eigenvalue weighted by Crippen LogP contribution is -2.47. The average molecular weight is 394 g/mol. The van der Waals surface area contributed by atoms with Crippen LogP contribution in [-0.2, 0) is 11.3 Å². The van der Waals surface area contributed by atoms with Gasteiger partial charge >= 0.3 is 0 Å². The number of rotatable bonds is 8. The molecule has 0 radical (unpaired) electrons. The minimum atomic E-state index is -0.588. The van der Waals surface area contributed by atoms with E-state index >= 15 is 0 Å². The summed E-state index contributed by atoms with van der Waals surface area (Å²) in [5, 5.41) is 5.93. The normalized spacial score (nSPS) is 16.2. The predicted molar refractivity (Wildman–Crippen MR) is 117 cm³/mol. The van der Waals surface area contributed by atoms with Gasteiger partial charge < -0.3 is 10.6 Å². The van der Waals surface area contributed by atoms with Gasteiger partial charge in [0, 0.05) is 17.8 Å². The van der Waals surface area contributed by atoms with Gasteiger partial charge in [-0.05, 0) is 61.7 Å². The van der Waals surface area contributed by atoms with Gasteiger partial charge in [-0.3, -0.25) is 14.5 Å². The van der Waals surface area contributed by atoms with E-state index in [0.717, 1.165) is 31.7 Å². The van der Waals surface area contributed by atoms with Gasteiger partial charge in [0.1, 0.15) is 6.04 Å². The van der Waals surface area contributed by atoms with Crippen LogP contribution in [0, 0.1) is 5.92 Å². The zero-order valence-corrected chi connectivity index (χ0v) is 17.4. The summed E-state index contributed by atoms with van der Waals surface area (Å²) in [5.41, 5.74) is 2.52. The van der Waals surface area contributed by atoms with E-state index < -0.39 is 6.04 Å². The molecule has 0 saturated carbocycles. The molecule has 1 aliphatic rings. The van der Waals surface area contributed by atoms with Crippen LogP contribution in [0.4, 0.5) is 5.69 Å². The highest BCUT2D eigenvalue weighted by molar-refractivity contribution is 6.01. The molecule has 2 atom stereocenters. The predicted octanol–water partition coefficient (Wildman–Crippen LogP) is 4.07. The zero-order chi connectivity index (χ0) is 20.6. The molecule has 1 saturated heterocycles. The summed E-state index contributed by atoms with van der Waals surface area (Å²) in [4.78, 5) is 28.0. The molecule has 5 heteroatoms. The monoisotopic (exact) mass is 393 g/mol. The number of anilines is 1. The third kappa shape index (κ3) is 5.91. The lowest BCUT2D eigenvalue weighted by molar-refractivity contribution is -0.119. The molecule has 0 aromatic heterocycles. The fourth-order valence-corrected chi connectivity index (χ4v) is 3.68. The summed E-state index contributed by atoms with van der Waals surface area (Å²) in [5.74, 6) is -0.383. The Morgan fingerprint density at radius 3 is 2.45 bits per heavy atom. The number of carbonyl (C=O) groups excluding carboxylic acids is 2. The van der Waals surface area contributed by atoms with Crippen LogP contribution in [-0.4, -0.2) is 35.8 Å². The third-order valence-corrected chi connectivity index (χ3v) is 5.62. The number of nitrogens with one attached hydrogen (secondary N) is 2. The molecule has 0 spiro atoms. The summed E-state index contributed by atoms with van der Waals surface area (Å²) in [7, 11) is 0. The molecule has 2 unspecified atom stereocenters. The second kappa shape index (κ2) is 10.2.